The van der Waals surface area contributed by atoms with Crippen molar-refractivity contribution >= 4 is 5.82 Å². The molecule has 1 saturated heterocycles. The average Bonchev–Trinajstić information content (AvgIpc) is 3.31. The number of piperidine rings is 1. The number of hydrogen-bond donors (Lipinski definition) is 0. The largest absolute Gasteiger partial charge is 0.467 e. The molecule has 0 N–H and O–H groups in total. The third kappa shape index (κ3) is 2.87. The van der Waals surface area contributed by atoms with Crippen LogP contribution in [0.4, 0.5) is 5.82 Å². The summed E-state index contributed by atoms with van der Waals surface area (Å²) in [5.41, 5.74) is 0.933. The minimum absolute atomic E-state index is 0.440. The Morgan fingerprint density at radius 3 is 2.61 bits per heavy atom. The highest BCUT2D eigenvalue weighted by Crippen LogP contribution is 2.38. The van der Waals surface area contributed by atoms with Gasteiger partial charge < -0.3 is 14.2 Å². The first-order chi connectivity index (χ1) is 11.2. The molecule has 1 saturated carbocycles. The summed E-state index contributed by atoms with van der Waals surface area (Å²) in [4.78, 5) is 11.0. The Labute approximate surface area is 135 Å². The highest BCUT2D eigenvalue weighted by atomic mass is 16.5. The van der Waals surface area contributed by atoms with Gasteiger partial charge in [0.2, 0.25) is 0 Å². The lowest BCUT2D eigenvalue weighted by Gasteiger charge is -2.32. The first kappa shape index (κ1) is 14.4. The van der Waals surface area contributed by atoms with Crippen LogP contribution in [-0.4, -0.2) is 44.9 Å². The fourth-order valence-corrected chi connectivity index (χ4v) is 3.32. The van der Waals surface area contributed by atoms with Gasteiger partial charge in [0.1, 0.15) is 18.0 Å². The van der Waals surface area contributed by atoms with E-state index in [1.165, 1.54) is 18.7 Å². The number of nitrogens with zero attached hydrogens (tertiary/aromatic N) is 6. The Kier molecular flexibility index (Phi) is 3.63. The minimum atomic E-state index is 0.440. The van der Waals surface area contributed by atoms with Gasteiger partial charge >= 0.3 is 6.01 Å². The van der Waals surface area contributed by atoms with Crippen molar-refractivity contribution in [3.63, 3.8) is 0 Å². The monoisotopic (exact) mass is 314 g/mol. The molecular formula is C16H22N6O. The van der Waals surface area contributed by atoms with Gasteiger partial charge in [-0.2, -0.15) is 4.98 Å². The summed E-state index contributed by atoms with van der Waals surface area (Å²) in [6.45, 7) is 3.92. The molecule has 0 atom stereocenters. The SMILES string of the molecule is COc1nc(C)cc(N2CCC(c3nncn3C3CC3)CC2)n1. The third-order valence-corrected chi connectivity index (χ3v) is 4.73. The molecule has 2 aromatic rings. The van der Waals surface area contributed by atoms with Gasteiger partial charge in [-0.15, -0.1) is 10.2 Å². The van der Waals surface area contributed by atoms with Crippen molar-refractivity contribution in [2.45, 2.75) is 44.6 Å². The van der Waals surface area contributed by atoms with Crippen LogP contribution in [0.25, 0.3) is 0 Å². The summed E-state index contributed by atoms with van der Waals surface area (Å²) in [7, 11) is 1.61. The summed E-state index contributed by atoms with van der Waals surface area (Å²) in [6.07, 6.45) is 6.60. The summed E-state index contributed by atoms with van der Waals surface area (Å²) in [5, 5.41) is 8.52. The highest BCUT2D eigenvalue weighted by molar-refractivity contribution is 5.41. The van der Waals surface area contributed by atoms with Crippen LogP contribution in [-0.2, 0) is 0 Å². The molecule has 2 aliphatic rings. The van der Waals surface area contributed by atoms with Crippen LogP contribution in [0.5, 0.6) is 6.01 Å². The summed E-state index contributed by atoms with van der Waals surface area (Å²) in [6, 6.07) is 3.11. The average molecular weight is 314 g/mol. The molecular weight excluding hydrogens is 292 g/mol. The van der Waals surface area contributed by atoms with E-state index in [0.717, 1.165) is 37.4 Å². The maximum Gasteiger partial charge on any atom is 0.318 e. The normalized spacial score (nSPS) is 19.1. The second-order valence-electron chi connectivity index (χ2n) is 6.44. The van der Waals surface area contributed by atoms with Crippen LogP contribution in [0.2, 0.25) is 0 Å². The molecule has 23 heavy (non-hydrogen) atoms. The number of rotatable bonds is 4. The molecule has 2 aromatic heterocycles. The maximum atomic E-state index is 5.19. The number of methoxy groups -OCH3 is 1. The zero-order valence-electron chi connectivity index (χ0n) is 13.6. The Morgan fingerprint density at radius 2 is 1.91 bits per heavy atom. The first-order valence-corrected chi connectivity index (χ1v) is 8.28. The van der Waals surface area contributed by atoms with E-state index < -0.39 is 0 Å². The molecule has 0 unspecified atom stereocenters. The second-order valence-corrected chi connectivity index (χ2v) is 6.44. The molecule has 7 heteroatoms. The van der Waals surface area contributed by atoms with Crippen molar-refractivity contribution in [1.29, 1.82) is 0 Å². The Bertz CT molecular complexity index is 688. The molecule has 2 fully saturated rings. The van der Waals surface area contributed by atoms with E-state index in [2.05, 4.69) is 29.6 Å². The lowest BCUT2D eigenvalue weighted by molar-refractivity contribution is 0.377. The Hall–Kier alpha value is -2.18. The Balaban J connectivity index is 1.46. The molecule has 1 aliphatic carbocycles. The van der Waals surface area contributed by atoms with Gasteiger partial charge in [0.25, 0.3) is 0 Å². The molecule has 7 nitrogen and oxygen atoms in total. The van der Waals surface area contributed by atoms with Gasteiger partial charge in [-0.05, 0) is 32.6 Å². The number of ether oxygens (including phenoxy) is 1. The first-order valence-electron chi connectivity index (χ1n) is 8.28. The summed E-state index contributed by atoms with van der Waals surface area (Å²) >= 11 is 0. The lowest BCUT2D eigenvalue weighted by Crippen LogP contribution is -2.34. The van der Waals surface area contributed by atoms with Crippen LogP contribution in [0.3, 0.4) is 0 Å². The van der Waals surface area contributed by atoms with E-state index in [0.29, 0.717) is 18.0 Å². The van der Waals surface area contributed by atoms with Gasteiger partial charge in [0, 0.05) is 36.8 Å². The molecule has 4 rings (SSSR count). The predicted molar refractivity (Wildman–Crippen MR) is 85.8 cm³/mol. The van der Waals surface area contributed by atoms with Gasteiger partial charge in [-0.3, -0.25) is 0 Å². The molecule has 3 heterocycles. The molecule has 0 aromatic carbocycles. The van der Waals surface area contributed by atoms with E-state index in [1.54, 1.807) is 7.11 Å². The van der Waals surface area contributed by atoms with Crippen LogP contribution in [0.15, 0.2) is 12.4 Å². The smallest absolute Gasteiger partial charge is 0.318 e. The third-order valence-electron chi connectivity index (χ3n) is 4.73. The fraction of sp³-hybridized carbons (Fsp3) is 0.625. The van der Waals surface area contributed by atoms with Crippen molar-refractivity contribution in [3.8, 4) is 6.01 Å². The van der Waals surface area contributed by atoms with Crippen LogP contribution in [0, 0.1) is 6.92 Å². The van der Waals surface area contributed by atoms with Crippen molar-refractivity contribution in [2.75, 3.05) is 25.1 Å². The van der Waals surface area contributed by atoms with Gasteiger partial charge in [0.15, 0.2) is 0 Å². The lowest BCUT2D eigenvalue weighted by atomic mass is 9.96. The van der Waals surface area contributed by atoms with E-state index in [1.807, 2.05) is 19.3 Å². The Morgan fingerprint density at radius 1 is 1.13 bits per heavy atom. The molecule has 0 radical (unpaired) electrons. The van der Waals surface area contributed by atoms with E-state index >= 15 is 0 Å². The number of aryl methyl sites for hydroxylation is 1. The molecule has 1 aliphatic heterocycles. The molecule has 0 bridgehead atoms. The topological polar surface area (TPSA) is 69.0 Å². The maximum absolute atomic E-state index is 5.19. The minimum Gasteiger partial charge on any atom is -0.467 e. The summed E-state index contributed by atoms with van der Waals surface area (Å²) in [5.74, 6) is 2.62. The highest BCUT2D eigenvalue weighted by Gasteiger charge is 2.31. The van der Waals surface area contributed by atoms with Crippen LogP contribution < -0.4 is 9.64 Å². The van der Waals surface area contributed by atoms with Gasteiger partial charge in [-0.1, -0.05) is 0 Å². The van der Waals surface area contributed by atoms with Crippen LogP contribution >= 0.6 is 0 Å². The summed E-state index contributed by atoms with van der Waals surface area (Å²) < 4.78 is 7.47. The van der Waals surface area contributed by atoms with Crippen molar-refractivity contribution < 1.29 is 4.74 Å². The number of aromatic nitrogens is 5. The standard InChI is InChI=1S/C16H22N6O/c1-11-9-14(19-16(18-11)23-2)21-7-5-12(6-8-21)15-20-17-10-22(15)13-3-4-13/h9-10,12-13H,3-8H2,1-2H3. The molecule has 122 valence electrons. The zero-order valence-corrected chi connectivity index (χ0v) is 13.6. The van der Waals surface area contributed by atoms with E-state index in [4.69, 9.17) is 4.74 Å². The van der Waals surface area contributed by atoms with Crippen molar-refractivity contribution in [2.24, 2.45) is 0 Å². The molecule has 0 amide bonds. The van der Waals surface area contributed by atoms with Crippen molar-refractivity contribution in [3.05, 3.63) is 23.9 Å². The fourth-order valence-electron chi connectivity index (χ4n) is 3.32. The zero-order chi connectivity index (χ0) is 15.8. The number of anilines is 1. The molecule has 0 spiro atoms. The quantitative estimate of drug-likeness (QED) is 0.861. The number of hydrogen-bond acceptors (Lipinski definition) is 6. The predicted octanol–water partition coefficient (Wildman–Crippen LogP) is 2.10. The second kappa shape index (κ2) is 5.79. The van der Waals surface area contributed by atoms with Crippen LogP contribution in [0.1, 0.15) is 49.2 Å². The van der Waals surface area contributed by atoms with Gasteiger partial charge in [0.05, 0.1) is 7.11 Å². The van der Waals surface area contributed by atoms with E-state index in [-0.39, 0.29) is 0 Å². The van der Waals surface area contributed by atoms with Crippen molar-refractivity contribution in [1.82, 2.24) is 24.7 Å². The van der Waals surface area contributed by atoms with Gasteiger partial charge in [-0.25, -0.2) is 4.98 Å². The van der Waals surface area contributed by atoms with E-state index in [9.17, 15) is 0 Å².